The van der Waals surface area contributed by atoms with Gasteiger partial charge in [-0.1, -0.05) is 0 Å². The number of carbonyl (C=O) groups excluding carboxylic acids is 4. The summed E-state index contributed by atoms with van der Waals surface area (Å²) in [7, 11) is 0. The molecule has 7 aliphatic rings. The largest absolute Gasteiger partial charge is 0.371 e. The van der Waals surface area contributed by atoms with Crippen LogP contribution in [0.2, 0.25) is 0 Å². The lowest BCUT2D eigenvalue weighted by Gasteiger charge is -2.36. The number of aromatic amines is 1. The second kappa shape index (κ2) is 12.4. The monoisotopic (exact) mass is 736 g/mol. The molecule has 14 heteroatoms. The van der Waals surface area contributed by atoms with Gasteiger partial charge in [-0.05, 0) is 112 Å². The number of piperidine rings is 2. The number of carbonyl (C=O) groups is 4. The van der Waals surface area contributed by atoms with Gasteiger partial charge in [0.1, 0.15) is 12.1 Å². The van der Waals surface area contributed by atoms with E-state index in [0.717, 1.165) is 82.1 Å². The van der Waals surface area contributed by atoms with Crippen molar-refractivity contribution in [1.82, 2.24) is 29.2 Å². The van der Waals surface area contributed by atoms with Gasteiger partial charge in [0.2, 0.25) is 23.6 Å². The number of nitrogens with two attached hydrogens (primary N) is 1. The van der Waals surface area contributed by atoms with Crippen LogP contribution in [0.15, 0.2) is 46.1 Å². The fraction of sp³-hybridized carbons (Fsp3) is 0.600. The fourth-order valence-corrected chi connectivity index (χ4v) is 11.0. The van der Waals surface area contributed by atoms with Gasteiger partial charge in [0.25, 0.3) is 5.56 Å². The third kappa shape index (κ3) is 5.53. The van der Waals surface area contributed by atoms with Gasteiger partial charge in [-0.15, -0.1) is 0 Å². The number of hydrogen-bond acceptors (Lipinski definition) is 8. The molecule has 1 spiro atoms. The molecule has 7 atom stereocenters. The quantitative estimate of drug-likeness (QED) is 0.335. The third-order valence-electron chi connectivity index (χ3n) is 14.1. The average Bonchev–Trinajstić information content (AvgIpc) is 3.94. The summed E-state index contributed by atoms with van der Waals surface area (Å²) in [5.41, 5.74) is 9.01. The van der Waals surface area contributed by atoms with Crippen LogP contribution in [-0.4, -0.2) is 90.8 Å². The molecule has 1 aromatic carbocycles. The van der Waals surface area contributed by atoms with E-state index < -0.39 is 24.0 Å². The van der Waals surface area contributed by atoms with Crippen molar-refractivity contribution in [2.75, 3.05) is 24.5 Å². The first-order valence-electron chi connectivity index (χ1n) is 20.0. The van der Waals surface area contributed by atoms with E-state index in [2.05, 4.69) is 26.2 Å². The van der Waals surface area contributed by atoms with Crippen LogP contribution in [0.1, 0.15) is 101 Å². The molecule has 4 amide bonds. The molecule has 7 heterocycles. The normalized spacial score (nSPS) is 32.1. The van der Waals surface area contributed by atoms with Gasteiger partial charge in [-0.3, -0.25) is 33.9 Å². The number of amides is 4. The SMILES string of the molecule is N[C@H]1C[C@@H]2C[C@@H]2C[C@H]2CC[C@@H](C(=O)N3C[C@@H](c4ccn(C5CCN(c6ccc7c(c6)[nH]c(=O)n7C6CCC(=O)NC6=O)CC5)c(=O)c4)CC34CC4)N2C1=O. The van der Waals surface area contributed by atoms with E-state index in [9.17, 15) is 28.8 Å². The minimum Gasteiger partial charge on any atom is -0.371 e. The summed E-state index contributed by atoms with van der Waals surface area (Å²) in [5, 5.41) is 2.34. The van der Waals surface area contributed by atoms with Crippen LogP contribution >= 0.6 is 0 Å². The maximum atomic E-state index is 14.3. The standard InChI is InChI=1S/C40H48N8O6/c41-29-17-24-15-23(24)16-28-2-4-33(47(28)37(29)52)38(53)46-21-25(20-40(46)10-11-40)22-7-14-45(35(50)18-22)26-8-12-44(13-9-26)27-1-3-31-30(19-27)42-39(54)48(31)32-5-6-34(49)43-36(32)51/h1,3,7,14,18-19,23-26,28-29,32-33H,2,4-6,8-13,15-17,20-21,41H2,(H,42,54)(H,43,49,51)/t23-,24+,25+,28-,29+,32?,33+/m1/s1. The van der Waals surface area contributed by atoms with E-state index in [1.165, 1.54) is 4.57 Å². The Bertz CT molecular complexity index is 2190. The molecular weight excluding hydrogens is 688 g/mol. The molecule has 2 aliphatic carbocycles. The molecule has 5 saturated heterocycles. The van der Waals surface area contributed by atoms with Gasteiger partial charge in [-0.25, -0.2) is 4.79 Å². The molecule has 54 heavy (non-hydrogen) atoms. The summed E-state index contributed by atoms with van der Waals surface area (Å²) in [5.74, 6) is 0.541. The highest BCUT2D eigenvalue weighted by molar-refractivity contribution is 6.00. The minimum atomic E-state index is -0.730. The lowest BCUT2D eigenvalue weighted by Crippen LogP contribution is -2.56. The van der Waals surface area contributed by atoms with Gasteiger partial charge < -0.3 is 30.0 Å². The number of nitrogens with zero attached hydrogens (tertiary/aromatic N) is 5. The Labute approximate surface area is 312 Å². The minimum absolute atomic E-state index is 0.0217. The molecule has 2 aromatic heterocycles. The van der Waals surface area contributed by atoms with Crippen molar-refractivity contribution in [2.45, 2.75) is 119 Å². The number of imide groups is 1. The highest BCUT2D eigenvalue weighted by Gasteiger charge is 2.59. The molecule has 5 aliphatic heterocycles. The van der Waals surface area contributed by atoms with Gasteiger partial charge in [-0.2, -0.15) is 0 Å². The first-order valence-corrected chi connectivity index (χ1v) is 20.0. The smallest absolute Gasteiger partial charge is 0.327 e. The van der Waals surface area contributed by atoms with Crippen LogP contribution in [0, 0.1) is 11.8 Å². The molecule has 10 rings (SSSR count). The Hall–Kier alpha value is -4.72. The number of hydrogen-bond donors (Lipinski definition) is 3. The van der Waals surface area contributed by atoms with Crippen molar-refractivity contribution >= 4 is 40.3 Å². The molecule has 7 fully saturated rings. The molecular formula is C40H48N8O6. The van der Waals surface area contributed by atoms with E-state index in [4.69, 9.17) is 5.73 Å². The molecule has 14 nitrogen and oxygen atoms in total. The van der Waals surface area contributed by atoms with E-state index in [0.29, 0.717) is 35.8 Å². The Balaban J connectivity index is 0.799. The predicted octanol–water partition coefficient (Wildman–Crippen LogP) is 2.28. The number of aromatic nitrogens is 3. The topological polar surface area (TPSA) is 176 Å². The van der Waals surface area contributed by atoms with E-state index in [1.807, 2.05) is 33.9 Å². The highest BCUT2D eigenvalue weighted by Crippen LogP contribution is 2.55. The molecule has 2 saturated carbocycles. The van der Waals surface area contributed by atoms with E-state index in [-0.39, 0.29) is 65.4 Å². The van der Waals surface area contributed by atoms with Crippen molar-refractivity contribution in [3.05, 3.63) is 62.9 Å². The second-order valence-electron chi connectivity index (χ2n) is 17.3. The van der Waals surface area contributed by atoms with Crippen LogP contribution in [-0.2, 0) is 19.2 Å². The molecule has 0 radical (unpaired) electrons. The van der Waals surface area contributed by atoms with Crippen molar-refractivity contribution in [3.8, 4) is 0 Å². The van der Waals surface area contributed by atoms with Crippen LogP contribution in [0.25, 0.3) is 11.0 Å². The number of fused-ring (bicyclic) bond motifs is 3. The lowest BCUT2D eigenvalue weighted by molar-refractivity contribution is -0.147. The number of H-pyrrole nitrogens is 1. The van der Waals surface area contributed by atoms with Crippen molar-refractivity contribution in [1.29, 1.82) is 0 Å². The van der Waals surface area contributed by atoms with E-state index >= 15 is 0 Å². The summed E-state index contributed by atoms with van der Waals surface area (Å²) < 4.78 is 3.29. The summed E-state index contributed by atoms with van der Waals surface area (Å²) in [4.78, 5) is 87.6. The van der Waals surface area contributed by atoms with Gasteiger partial charge in [0.05, 0.1) is 17.1 Å². The number of likely N-dealkylation sites (tertiary alicyclic amines) is 1. The number of anilines is 1. The average molecular weight is 737 g/mol. The molecule has 3 aromatic rings. The van der Waals surface area contributed by atoms with Crippen molar-refractivity contribution in [3.63, 3.8) is 0 Å². The van der Waals surface area contributed by atoms with Gasteiger partial charge in [0.15, 0.2) is 0 Å². The Morgan fingerprint density at radius 2 is 1.67 bits per heavy atom. The van der Waals surface area contributed by atoms with Crippen LogP contribution in [0.3, 0.4) is 0 Å². The van der Waals surface area contributed by atoms with Crippen LogP contribution < -0.4 is 27.2 Å². The number of imidazole rings is 1. The van der Waals surface area contributed by atoms with Crippen LogP contribution in [0.4, 0.5) is 5.69 Å². The zero-order valence-electron chi connectivity index (χ0n) is 30.5. The molecule has 284 valence electrons. The zero-order valence-corrected chi connectivity index (χ0v) is 30.5. The predicted molar refractivity (Wildman–Crippen MR) is 199 cm³/mol. The maximum absolute atomic E-state index is 14.3. The molecule has 0 bridgehead atoms. The lowest BCUT2D eigenvalue weighted by atomic mass is 9.96. The van der Waals surface area contributed by atoms with Crippen molar-refractivity contribution < 1.29 is 19.2 Å². The third-order valence-corrected chi connectivity index (χ3v) is 14.1. The number of pyridine rings is 1. The number of rotatable bonds is 5. The van der Waals surface area contributed by atoms with Crippen molar-refractivity contribution in [2.24, 2.45) is 17.6 Å². The Kier molecular flexibility index (Phi) is 7.77. The maximum Gasteiger partial charge on any atom is 0.327 e. The first kappa shape index (κ1) is 33.8. The number of nitrogens with one attached hydrogen (secondary N) is 2. The summed E-state index contributed by atoms with van der Waals surface area (Å²) in [6, 6.07) is 8.08. The zero-order chi connectivity index (χ0) is 37.0. The second-order valence-corrected chi connectivity index (χ2v) is 17.3. The van der Waals surface area contributed by atoms with Gasteiger partial charge in [0, 0.05) is 67.5 Å². The van der Waals surface area contributed by atoms with Crippen LogP contribution in [0.5, 0.6) is 0 Å². The first-order chi connectivity index (χ1) is 26.1. The summed E-state index contributed by atoms with van der Waals surface area (Å²) >= 11 is 0. The highest BCUT2D eigenvalue weighted by atomic mass is 16.2. The fourth-order valence-electron chi connectivity index (χ4n) is 11.0. The molecule has 1 unspecified atom stereocenters. The summed E-state index contributed by atoms with van der Waals surface area (Å²) in [6.07, 6.45) is 11.2. The Morgan fingerprint density at radius 3 is 2.43 bits per heavy atom. The summed E-state index contributed by atoms with van der Waals surface area (Å²) in [6.45, 7) is 2.05. The van der Waals surface area contributed by atoms with Gasteiger partial charge >= 0.3 is 5.69 Å². The van der Waals surface area contributed by atoms with E-state index in [1.54, 1.807) is 6.07 Å². The number of benzene rings is 1. The Morgan fingerprint density at radius 1 is 0.870 bits per heavy atom. The molecule has 4 N–H and O–H groups in total.